The summed E-state index contributed by atoms with van der Waals surface area (Å²) in [4.78, 5) is 0. The maximum absolute atomic E-state index is 12.2. The Morgan fingerprint density at radius 2 is 1.26 bits per heavy atom. The second-order valence-corrected chi connectivity index (χ2v) is 9.08. The molecule has 0 radical (unpaired) electrons. The van der Waals surface area contributed by atoms with Crippen molar-refractivity contribution in [2.75, 3.05) is 13.2 Å². The predicted molar refractivity (Wildman–Crippen MR) is 126 cm³/mol. The molecule has 2 aromatic carbocycles. The molecule has 0 aliphatic carbocycles. The maximum Gasteiger partial charge on any atom is 0.103 e. The normalized spacial score (nSPS) is 16.0. The van der Waals surface area contributed by atoms with Gasteiger partial charge in [0.25, 0.3) is 0 Å². The smallest absolute Gasteiger partial charge is 0.103 e. The summed E-state index contributed by atoms with van der Waals surface area (Å²) in [5, 5.41) is 45.2. The van der Waals surface area contributed by atoms with Gasteiger partial charge in [0, 0.05) is 0 Å². The van der Waals surface area contributed by atoms with Crippen LogP contribution >= 0.6 is 0 Å². The van der Waals surface area contributed by atoms with E-state index >= 15 is 0 Å². The van der Waals surface area contributed by atoms with Gasteiger partial charge in [-0.25, -0.2) is 0 Å². The van der Waals surface area contributed by atoms with Gasteiger partial charge in [0.05, 0.1) is 24.2 Å². The van der Waals surface area contributed by atoms with Crippen molar-refractivity contribution in [3.05, 3.63) is 71.3 Å². The third-order valence-corrected chi connectivity index (χ3v) is 7.02. The van der Waals surface area contributed by atoms with E-state index in [4.69, 9.17) is 0 Å². The fraction of sp³-hybridized carbons (Fsp3) is 0.556. The molecule has 0 bridgehead atoms. The molecule has 2 atom stereocenters. The quantitative estimate of drug-likeness (QED) is 0.345. The monoisotopic (exact) mass is 428 g/mol. The minimum absolute atomic E-state index is 0.340. The molecule has 172 valence electrons. The van der Waals surface area contributed by atoms with E-state index in [-0.39, 0.29) is 0 Å². The number of hydrogen-bond acceptors (Lipinski definition) is 4. The van der Waals surface area contributed by atoms with Gasteiger partial charge >= 0.3 is 0 Å². The van der Waals surface area contributed by atoms with Crippen LogP contribution in [0.5, 0.6) is 0 Å². The Bertz CT molecular complexity index is 766. The topological polar surface area (TPSA) is 80.9 Å². The van der Waals surface area contributed by atoms with Crippen molar-refractivity contribution in [1.82, 2.24) is 0 Å². The van der Waals surface area contributed by atoms with Gasteiger partial charge in [-0.15, -0.1) is 0 Å². The zero-order valence-electron chi connectivity index (χ0n) is 19.3. The molecule has 0 heterocycles. The highest BCUT2D eigenvalue weighted by Crippen LogP contribution is 2.53. The summed E-state index contributed by atoms with van der Waals surface area (Å²) < 4.78 is 0. The van der Waals surface area contributed by atoms with E-state index in [0.717, 1.165) is 31.2 Å². The van der Waals surface area contributed by atoms with Crippen LogP contribution in [0, 0.1) is 12.3 Å². The zero-order valence-corrected chi connectivity index (χ0v) is 19.3. The van der Waals surface area contributed by atoms with E-state index in [0.29, 0.717) is 17.5 Å². The average Bonchev–Trinajstić information content (AvgIpc) is 2.78. The Morgan fingerprint density at radius 3 is 1.81 bits per heavy atom. The summed E-state index contributed by atoms with van der Waals surface area (Å²) >= 11 is 0. The molecular formula is C27H40O4. The number of aliphatic hydroxyl groups excluding tert-OH is 2. The molecular weight excluding hydrogens is 388 g/mol. The van der Waals surface area contributed by atoms with Gasteiger partial charge in [0.2, 0.25) is 0 Å². The van der Waals surface area contributed by atoms with Gasteiger partial charge < -0.3 is 20.4 Å². The average molecular weight is 429 g/mol. The van der Waals surface area contributed by atoms with Crippen LogP contribution in [0.4, 0.5) is 0 Å². The van der Waals surface area contributed by atoms with Crippen molar-refractivity contribution in [1.29, 1.82) is 0 Å². The summed E-state index contributed by atoms with van der Waals surface area (Å²) in [5.41, 5.74) is -2.69. The zero-order chi connectivity index (χ0) is 23.0. The second-order valence-electron chi connectivity index (χ2n) is 9.08. The molecule has 4 N–H and O–H groups in total. The van der Waals surface area contributed by atoms with E-state index in [1.54, 1.807) is 19.1 Å². The Labute approximate surface area is 187 Å². The highest BCUT2D eigenvalue weighted by atomic mass is 16.3. The van der Waals surface area contributed by atoms with E-state index in [1.165, 1.54) is 12.8 Å². The van der Waals surface area contributed by atoms with Crippen LogP contribution in [0.2, 0.25) is 0 Å². The van der Waals surface area contributed by atoms with Gasteiger partial charge in [-0.05, 0) is 31.4 Å². The molecule has 2 aromatic rings. The lowest BCUT2D eigenvalue weighted by Gasteiger charge is -2.53. The molecule has 0 aliphatic rings. The largest absolute Gasteiger partial charge is 0.395 e. The first-order valence-corrected chi connectivity index (χ1v) is 11.6. The van der Waals surface area contributed by atoms with Gasteiger partial charge in [-0.1, -0.05) is 106 Å². The molecule has 0 amide bonds. The van der Waals surface area contributed by atoms with Crippen molar-refractivity contribution in [2.45, 2.75) is 76.9 Å². The minimum atomic E-state index is -1.67. The minimum Gasteiger partial charge on any atom is -0.395 e. The van der Waals surface area contributed by atoms with E-state index < -0.39 is 29.8 Å². The fourth-order valence-electron chi connectivity index (χ4n) is 4.71. The molecule has 0 saturated carbocycles. The molecule has 0 spiro atoms. The summed E-state index contributed by atoms with van der Waals surface area (Å²) in [5.74, 6) is 0. The number of hydrogen-bond donors (Lipinski definition) is 4. The van der Waals surface area contributed by atoms with Crippen LogP contribution in [0.3, 0.4) is 0 Å². The molecule has 0 aliphatic heterocycles. The third-order valence-electron chi connectivity index (χ3n) is 7.02. The Balaban J connectivity index is 2.49. The van der Waals surface area contributed by atoms with Crippen LogP contribution < -0.4 is 0 Å². The van der Waals surface area contributed by atoms with Crippen molar-refractivity contribution >= 4 is 0 Å². The molecule has 0 saturated heterocycles. The lowest BCUT2D eigenvalue weighted by molar-refractivity contribution is -0.238. The van der Waals surface area contributed by atoms with Crippen molar-refractivity contribution in [3.63, 3.8) is 0 Å². The van der Waals surface area contributed by atoms with Crippen molar-refractivity contribution in [2.24, 2.45) is 5.41 Å². The standard InChI is InChI=1S/C27H40O4/c1-4-5-6-7-8-12-19-27(31,24-13-10-9-11-14-24)26(20-28,21-29)25(3,30)23-17-15-22(2)16-18-23/h9-11,13-18,28-31H,4-8,12,19-21H2,1-3H3. The van der Waals surface area contributed by atoms with Gasteiger partial charge in [0.15, 0.2) is 0 Å². The van der Waals surface area contributed by atoms with E-state index in [1.807, 2.05) is 49.4 Å². The first kappa shape index (κ1) is 25.5. The van der Waals surface area contributed by atoms with Crippen molar-refractivity contribution in [3.8, 4) is 0 Å². The van der Waals surface area contributed by atoms with E-state index in [2.05, 4.69) is 6.92 Å². The highest BCUT2D eigenvalue weighted by Gasteiger charge is 2.61. The lowest BCUT2D eigenvalue weighted by Crippen LogP contribution is -2.62. The van der Waals surface area contributed by atoms with Gasteiger partial charge in [-0.2, -0.15) is 0 Å². The van der Waals surface area contributed by atoms with Crippen LogP contribution in [0.25, 0.3) is 0 Å². The number of rotatable bonds is 13. The molecule has 2 rings (SSSR count). The predicted octanol–water partition coefficient (Wildman–Crippen LogP) is 4.81. The fourth-order valence-corrected chi connectivity index (χ4v) is 4.71. The maximum atomic E-state index is 12.2. The van der Waals surface area contributed by atoms with Crippen molar-refractivity contribution < 1.29 is 20.4 Å². The molecule has 0 fully saturated rings. The number of aryl methyl sites for hydroxylation is 1. The Hall–Kier alpha value is -1.72. The molecule has 2 unspecified atom stereocenters. The number of aliphatic hydroxyl groups is 4. The van der Waals surface area contributed by atoms with Gasteiger partial charge in [-0.3, -0.25) is 0 Å². The number of unbranched alkanes of at least 4 members (excludes halogenated alkanes) is 5. The van der Waals surface area contributed by atoms with Crippen LogP contribution in [0.1, 0.15) is 75.5 Å². The first-order valence-electron chi connectivity index (χ1n) is 11.6. The summed E-state index contributed by atoms with van der Waals surface area (Å²) in [7, 11) is 0. The Morgan fingerprint density at radius 1 is 0.710 bits per heavy atom. The van der Waals surface area contributed by atoms with Crippen LogP contribution in [-0.2, 0) is 11.2 Å². The SMILES string of the molecule is CCCCCCCCC(O)(c1ccccc1)C(CO)(CO)C(C)(O)c1ccc(C)cc1. The lowest BCUT2D eigenvalue weighted by atomic mass is 9.57. The summed E-state index contributed by atoms with van der Waals surface area (Å²) in [6.07, 6.45) is 6.64. The Kier molecular flexibility index (Phi) is 9.26. The first-order chi connectivity index (χ1) is 14.8. The molecule has 31 heavy (non-hydrogen) atoms. The van der Waals surface area contributed by atoms with Crippen LogP contribution in [0.15, 0.2) is 54.6 Å². The molecule has 4 nitrogen and oxygen atoms in total. The second kappa shape index (κ2) is 11.2. The highest BCUT2D eigenvalue weighted by molar-refractivity contribution is 5.34. The third kappa shape index (κ3) is 5.20. The molecule has 4 heteroatoms. The summed E-state index contributed by atoms with van der Waals surface area (Å²) in [6, 6.07) is 16.5. The van der Waals surface area contributed by atoms with E-state index in [9.17, 15) is 20.4 Å². The molecule has 0 aromatic heterocycles. The van der Waals surface area contributed by atoms with Crippen LogP contribution in [-0.4, -0.2) is 33.6 Å². The number of benzene rings is 2. The summed E-state index contributed by atoms with van der Waals surface area (Å²) in [6.45, 7) is 4.59. The van der Waals surface area contributed by atoms with Gasteiger partial charge in [0.1, 0.15) is 5.60 Å².